The molecule has 250 valence electrons. The number of aliphatic hydroxyl groups is 1. The molecule has 2 aromatic carbocycles. The summed E-state index contributed by atoms with van der Waals surface area (Å²) in [6, 6.07) is 14.3. The zero-order valence-electron chi connectivity index (χ0n) is 27.0. The van der Waals surface area contributed by atoms with Crippen molar-refractivity contribution in [1.82, 2.24) is 9.80 Å². The van der Waals surface area contributed by atoms with Gasteiger partial charge >= 0.3 is 0 Å². The normalized spacial score (nSPS) is 39.5. The lowest BCUT2D eigenvalue weighted by Crippen LogP contribution is -2.62. The van der Waals surface area contributed by atoms with E-state index in [2.05, 4.69) is 0 Å². The van der Waals surface area contributed by atoms with E-state index in [-0.39, 0.29) is 64.6 Å². The fraction of sp³-hybridized carbons (Fsp3) is 0.564. The number of hydrogen-bond acceptors (Lipinski definition) is 6. The second-order valence-electron chi connectivity index (χ2n) is 16.5. The summed E-state index contributed by atoms with van der Waals surface area (Å²) in [5.74, 6) is 2.10. The highest BCUT2D eigenvalue weighted by molar-refractivity contribution is 6.27. The standard InChI is InChI=1S/C21H22ClNO3.C18H19NO3/c22-11-15(24)10-21-7-12-5-13(8-21)18(14(6-12)9-21)23-19(25)16-3-1-2-4-17(16)20(23)26;20-16-13-3-1-2-4-14(13)17(21)19(16)15-11-5-10-6-12(15)9-18(22,7-10)8-11/h1-4,12-14,18H,5-11H2;1-4,10-12,15,22H,5-9H2. The van der Waals surface area contributed by atoms with Crippen molar-refractivity contribution >= 4 is 41.0 Å². The highest BCUT2D eigenvalue weighted by Gasteiger charge is 2.60. The molecule has 8 fully saturated rings. The lowest BCUT2D eigenvalue weighted by Gasteiger charge is -2.61. The number of nitrogens with zero attached hydrogens (tertiary/aromatic N) is 2. The van der Waals surface area contributed by atoms with Gasteiger partial charge in [0.25, 0.3) is 23.6 Å². The van der Waals surface area contributed by atoms with Gasteiger partial charge in [-0.25, -0.2) is 0 Å². The first-order valence-corrected chi connectivity index (χ1v) is 18.3. The molecule has 12 rings (SSSR count). The van der Waals surface area contributed by atoms with Gasteiger partial charge in [-0.15, -0.1) is 11.6 Å². The molecule has 1 N–H and O–H groups in total. The summed E-state index contributed by atoms with van der Waals surface area (Å²) in [5, 5.41) is 10.7. The molecule has 8 aliphatic carbocycles. The van der Waals surface area contributed by atoms with E-state index in [1.54, 1.807) is 29.2 Å². The molecule has 4 atom stereocenters. The van der Waals surface area contributed by atoms with Crippen LogP contribution in [0.25, 0.3) is 0 Å². The molecule has 0 saturated heterocycles. The van der Waals surface area contributed by atoms with Gasteiger partial charge in [0, 0.05) is 18.5 Å². The topological polar surface area (TPSA) is 112 Å². The number of rotatable bonds is 5. The first-order valence-electron chi connectivity index (χ1n) is 17.8. The third-order valence-corrected chi connectivity index (χ3v) is 13.8. The van der Waals surface area contributed by atoms with Crippen LogP contribution >= 0.6 is 11.6 Å². The van der Waals surface area contributed by atoms with Crippen LogP contribution in [0.15, 0.2) is 48.5 Å². The van der Waals surface area contributed by atoms with Gasteiger partial charge in [-0.2, -0.15) is 0 Å². The molecule has 4 amide bonds. The molecule has 0 aromatic heterocycles. The van der Waals surface area contributed by atoms with Crippen LogP contribution in [0.4, 0.5) is 0 Å². The van der Waals surface area contributed by atoms with Gasteiger partial charge in [0.05, 0.1) is 33.7 Å². The lowest BCUT2D eigenvalue weighted by atomic mass is 9.46. The molecular weight excluding hydrogens is 628 g/mol. The zero-order chi connectivity index (χ0) is 33.1. The number of fused-ring (bicyclic) bond motifs is 2. The van der Waals surface area contributed by atoms with Crippen molar-refractivity contribution in [3.63, 3.8) is 0 Å². The Morgan fingerprint density at radius 3 is 1.38 bits per heavy atom. The molecule has 8 nitrogen and oxygen atoms in total. The van der Waals surface area contributed by atoms with Crippen LogP contribution in [0, 0.1) is 40.9 Å². The quantitative estimate of drug-likeness (QED) is 0.314. The van der Waals surface area contributed by atoms with Crippen LogP contribution in [0.5, 0.6) is 0 Å². The minimum atomic E-state index is -0.536. The smallest absolute Gasteiger partial charge is 0.261 e. The number of Topliss-reactive ketones (excluding diaryl/α,β-unsaturated/α-hetero) is 1. The highest BCUT2D eigenvalue weighted by Crippen LogP contribution is 2.63. The number of alkyl halides is 1. The lowest BCUT2D eigenvalue weighted by molar-refractivity contribution is -0.149. The third-order valence-electron chi connectivity index (χ3n) is 13.5. The molecule has 2 aliphatic heterocycles. The summed E-state index contributed by atoms with van der Waals surface area (Å²) >= 11 is 5.77. The Morgan fingerprint density at radius 1 is 0.625 bits per heavy atom. The van der Waals surface area contributed by atoms with Gasteiger partial charge in [0.2, 0.25) is 0 Å². The van der Waals surface area contributed by atoms with E-state index in [1.165, 1.54) is 4.90 Å². The molecule has 48 heavy (non-hydrogen) atoms. The molecule has 8 saturated carbocycles. The first kappa shape index (κ1) is 30.7. The SMILES string of the molecule is O=C(CCl)CC12CC3CC(C1)C(N1C(=O)c4ccccc4C1=O)C(C3)C2.O=C1c2ccccc2C(=O)N1C1C2CC3CC1CC(O)(C3)C2. The van der Waals surface area contributed by atoms with Crippen molar-refractivity contribution in [1.29, 1.82) is 0 Å². The number of hydrogen-bond donors (Lipinski definition) is 1. The van der Waals surface area contributed by atoms with Crippen LogP contribution < -0.4 is 0 Å². The second kappa shape index (κ2) is 10.8. The Morgan fingerprint density at radius 2 is 1.00 bits per heavy atom. The summed E-state index contributed by atoms with van der Waals surface area (Å²) in [6.45, 7) is 0. The van der Waals surface area contributed by atoms with Gasteiger partial charge in [-0.3, -0.25) is 33.8 Å². The van der Waals surface area contributed by atoms with Gasteiger partial charge in [-0.05, 0) is 129 Å². The summed E-state index contributed by atoms with van der Waals surface area (Å²) in [4.78, 5) is 66.6. The van der Waals surface area contributed by atoms with Crippen molar-refractivity contribution in [2.45, 2.75) is 88.3 Å². The Bertz CT molecular complexity index is 1670. The monoisotopic (exact) mass is 668 g/mol. The van der Waals surface area contributed by atoms with Gasteiger partial charge < -0.3 is 5.11 Å². The Labute approximate surface area is 285 Å². The van der Waals surface area contributed by atoms with Crippen molar-refractivity contribution < 1.29 is 29.1 Å². The minimum Gasteiger partial charge on any atom is -0.390 e. The molecule has 8 bridgehead atoms. The highest BCUT2D eigenvalue weighted by atomic mass is 35.5. The van der Waals surface area contributed by atoms with Crippen molar-refractivity contribution in [3.8, 4) is 0 Å². The maximum absolute atomic E-state index is 13.0. The Hall–Kier alpha value is -3.36. The van der Waals surface area contributed by atoms with E-state index in [0.29, 0.717) is 52.3 Å². The number of carbonyl (C=O) groups is 5. The second-order valence-corrected chi connectivity index (χ2v) is 16.8. The maximum Gasteiger partial charge on any atom is 0.261 e. The molecule has 9 heteroatoms. The Balaban J connectivity index is 0.000000132. The zero-order valence-corrected chi connectivity index (χ0v) is 27.7. The molecule has 0 radical (unpaired) electrons. The summed E-state index contributed by atoms with van der Waals surface area (Å²) in [5.41, 5.74) is 1.68. The van der Waals surface area contributed by atoms with E-state index in [4.69, 9.17) is 11.6 Å². The number of amides is 4. The number of halogens is 1. The predicted octanol–water partition coefficient (Wildman–Crippen LogP) is 5.90. The molecule has 2 aromatic rings. The number of imide groups is 2. The largest absolute Gasteiger partial charge is 0.390 e. The number of ketones is 1. The fourth-order valence-electron chi connectivity index (χ4n) is 12.6. The van der Waals surface area contributed by atoms with E-state index < -0.39 is 5.60 Å². The predicted molar refractivity (Wildman–Crippen MR) is 176 cm³/mol. The summed E-state index contributed by atoms with van der Waals surface area (Å²) < 4.78 is 0. The van der Waals surface area contributed by atoms with Crippen molar-refractivity contribution in [3.05, 3.63) is 70.8 Å². The van der Waals surface area contributed by atoms with Crippen molar-refractivity contribution in [2.24, 2.45) is 40.9 Å². The number of carbonyl (C=O) groups excluding carboxylic acids is 5. The van der Waals surface area contributed by atoms with E-state index >= 15 is 0 Å². The van der Waals surface area contributed by atoms with Crippen molar-refractivity contribution in [2.75, 3.05) is 5.88 Å². The number of benzene rings is 2. The van der Waals surface area contributed by atoms with Crippen LogP contribution in [0.2, 0.25) is 0 Å². The van der Waals surface area contributed by atoms with Crippen LogP contribution in [0.3, 0.4) is 0 Å². The Kier molecular flexibility index (Phi) is 6.91. The molecular formula is C39H41ClN2O6. The maximum atomic E-state index is 13.0. The van der Waals surface area contributed by atoms with Crippen LogP contribution in [0.1, 0.15) is 112 Å². The molecule has 10 aliphatic rings. The van der Waals surface area contributed by atoms with Crippen LogP contribution in [-0.4, -0.2) is 67.9 Å². The van der Waals surface area contributed by atoms with E-state index in [9.17, 15) is 29.1 Å². The minimum absolute atomic E-state index is 0.00169. The average Bonchev–Trinajstić information content (AvgIpc) is 3.44. The van der Waals surface area contributed by atoms with Gasteiger partial charge in [0.1, 0.15) is 5.78 Å². The molecule has 2 heterocycles. The summed E-state index contributed by atoms with van der Waals surface area (Å²) in [6.07, 6.45) is 10.2. The van der Waals surface area contributed by atoms with Crippen LogP contribution in [-0.2, 0) is 4.79 Å². The van der Waals surface area contributed by atoms with Gasteiger partial charge in [-0.1, -0.05) is 24.3 Å². The molecule has 0 spiro atoms. The molecule has 4 unspecified atom stereocenters. The van der Waals surface area contributed by atoms with E-state index in [1.807, 2.05) is 24.3 Å². The average molecular weight is 669 g/mol. The summed E-state index contributed by atoms with van der Waals surface area (Å²) in [7, 11) is 0. The van der Waals surface area contributed by atoms with E-state index in [0.717, 1.165) is 64.2 Å². The third kappa shape index (κ3) is 4.54. The fourth-order valence-corrected chi connectivity index (χ4v) is 12.7. The van der Waals surface area contributed by atoms with Gasteiger partial charge in [0.15, 0.2) is 0 Å². The first-order chi connectivity index (χ1) is 23.1.